The van der Waals surface area contributed by atoms with Gasteiger partial charge in [0.25, 0.3) is 0 Å². The van der Waals surface area contributed by atoms with Crippen LogP contribution in [0.4, 0.5) is 13.2 Å². The quantitative estimate of drug-likeness (QED) is 0.483. The summed E-state index contributed by atoms with van der Waals surface area (Å²) in [5, 5.41) is 18.3. The van der Waals surface area contributed by atoms with E-state index in [1.807, 2.05) is 6.92 Å². The largest absolute Gasteiger partial charge is 0.433 e. The normalized spacial score (nSPS) is 29.3. The predicted octanol–water partition coefficient (Wildman–Crippen LogP) is 4.44. The van der Waals surface area contributed by atoms with Gasteiger partial charge in [-0.2, -0.15) is 18.4 Å². The van der Waals surface area contributed by atoms with Crippen LogP contribution in [0.25, 0.3) is 0 Å². The van der Waals surface area contributed by atoms with Crippen LogP contribution in [0.1, 0.15) is 102 Å². The molecule has 5 rings (SSSR count). The summed E-state index contributed by atoms with van der Waals surface area (Å²) in [5.74, 6) is -0.101. The molecule has 0 aromatic carbocycles. The number of pyridine rings is 1. The van der Waals surface area contributed by atoms with E-state index in [4.69, 9.17) is 9.97 Å². The molecule has 3 N–H and O–H groups in total. The molecule has 1 amide bonds. The Morgan fingerprint density at radius 3 is 2.14 bits per heavy atom. The zero-order chi connectivity index (χ0) is 30.8. The Bertz CT molecular complexity index is 1340. The minimum Gasteiger partial charge on any atom is -0.340 e. The summed E-state index contributed by atoms with van der Waals surface area (Å²) in [5.41, 5.74) is 4.31. The number of fused-ring (bicyclic) bond motifs is 1. The molecule has 2 aliphatic heterocycles. The number of rotatable bonds is 4. The highest BCUT2D eigenvalue weighted by atomic mass is 19.4. The maximum Gasteiger partial charge on any atom is 0.433 e. The molecular formula is C30H39F3N8O. The number of alkyl halides is 3. The van der Waals surface area contributed by atoms with Crippen LogP contribution in [0.3, 0.4) is 0 Å². The van der Waals surface area contributed by atoms with E-state index < -0.39 is 42.2 Å². The lowest BCUT2D eigenvalue weighted by atomic mass is 9.70. The van der Waals surface area contributed by atoms with Gasteiger partial charge in [-0.1, -0.05) is 47.6 Å². The zero-order valence-electron chi connectivity index (χ0n) is 25.0. The Hall–Kier alpha value is -3.14. The second kappa shape index (κ2) is 10.5. The van der Waals surface area contributed by atoms with Gasteiger partial charge in [-0.3, -0.25) is 15.1 Å². The van der Waals surface area contributed by atoms with E-state index in [2.05, 4.69) is 74.7 Å². The van der Waals surface area contributed by atoms with Gasteiger partial charge >= 0.3 is 6.18 Å². The second-order valence-corrected chi connectivity index (χ2v) is 13.8. The van der Waals surface area contributed by atoms with Gasteiger partial charge in [0.15, 0.2) is 0 Å². The van der Waals surface area contributed by atoms with Crippen LogP contribution in [0.2, 0.25) is 0 Å². The fourth-order valence-corrected chi connectivity index (χ4v) is 5.95. The maximum atomic E-state index is 13.4. The Kier molecular flexibility index (Phi) is 7.61. The maximum absolute atomic E-state index is 13.4. The van der Waals surface area contributed by atoms with E-state index in [1.54, 1.807) is 5.01 Å². The highest BCUT2D eigenvalue weighted by Gasteiger charge is 2.54. The molecule has 1 aliphatic carbocycles. The molecule has 3 fully saturated rings. The van der Waals surface area contributed by atoms with Gasteiger partial charge in [-0.15, -0.1) is 0 Å². The van der Waals surface area contributed by atoms with Crippen LogP contribution in [-0.4, -0.2) is 44.2 Å². The first-order valence-electron chi connectivity index (χ1n) is 14.4. The first-order chi connectivity index (χ1) is 19.5. The van der Waals surface area contributed by atoms with Crippen molar-refractivity contribution >= 4 is 5.91 Å². The number of hydrazine groups is 1. The summed E-state index contributed by atoms with van der Waals surface area (Å²) in [6, 6.07) is 5.31. The van der Waals surface area contributed by atoms with Crippen molar-refractivity contribution in [3.8, 4) is 6.07 Å². The van der Waals surface area contributed by atoms with Crippen molar-refractivity contribution in [2.75, 3.05) is 0 Å². The van der Waals surface area contributed by atoms with Crippen LogP contribution >= 0.6 is 0 Å². The molecule has 9 nitrogen and oxygen atoms in total. The summed E-state index contributed by atoms with van der Waals surface area (Å²) >= 11 is 0. The average molecular weight is 585 g/mol. The number of nitrogens with zero attached hydrogens (tertiary/aromatic N) is 5. The molecule has 42 heavy (non-hydrogen) atoms. The van der Waals surface area contributed by atoms with Crippen molar-refractivity contribution in [2.24, 2.45) is 11.8 Å². The number of carbonyl (C=O) groups is 1. The second-order valence-electron chi connectivity index (χ2n) is 13.8. The van der Waals surface area contributed by atoms with Crippen molar-refractivity contribution in [3.05, 3.63) is 52.9 Å². The molecule has 0 spiro atoms. The Balaban J connectivity index is 1.41. The van der Waals surface area contributed by atoms with Crippen LogP contribution in [-0.2, 0) is 21.8 Å². The molecule has 0 radical (unpaired) electrons. The molecule has 12 heteroatoms. The van der Waals surface area contributed by atoms with Crippen molar-refractivity contribution < 1.29 is 18.0 Å². The van der Waals surface area contributed by atoms with E-state index in [1.165, 1.54) is 12.3 Å². The highest BCUT2D eigenvalue weighted by molar-refractivity contribution is 5.82. The minimum absolute atomic E-state index is 0.0314. The van der Waals surface area contributed by atoms with Gasteiger partial charge in [-0.05, 0) is 37.5 Å². The van der Waals surface area contributed by atoms with Crippen molar-refractivity contribution in [3.63, 3.8) is 0 Å². The molecule has 5 unspecified atom stereocenters. The Labute approximate surface area is 244 Å². The van der Waals surface area contributed by atoms with Crippen LogP contribution in [0.5, 0.6) is 0 Å². The van der Waals surface area contributed by atoms with Crippen molar-refractivity contribution in [1.29, 1.82) is 5.26 Å². The summed E-state index contributed by atoms with van der Waals surface area (Å²) in [4.78, 5) is 27.0. The molecular weight excluding hydrogens is 545 g/mol. The fourth-order valence-electron chi connectivity index (χ4n) is 5.95. The predicted molar refractivity (Wildman–Crippen MR) is 149 cm³/mol. The van der Waals surface area contributed by atoms with E-state index in [9.17, 15) is 23.2 Å². The number of aromatic nitrogens is 3. The Morgan fingerprint density at radius 1 is 1.02 bits per heavy atom. The monoisotopic (exact) mass is 584 g/mol. The van der Waals surface area contributed by atoms with Gasteiger partial charge in [0, 0.05) is 46.3 Å². The lowest BCUT2D eigenvalue weighted by Crippen LogP contribution is -2.68. The lowest BCUT2D eigenvalue weighted by molar-refractivity contribution is -0.141. The van der Waals surface area contributed by atoms with E-state index in [-0.39, 0.29) is 28.6 Å². The standard InChI is InChI=1S/C30H39F3N8O/c1-15(16-8-11-20(35-14-16)30(31,32)33)41-26-23(19(13-34)40-41)27(42)39-25(38-26)18-10-9-17(18)24-36-21(28(2,3)4)12-22(37-24)29(5,6)7/h8,11-12,14-15,17-19,23,25-26,38,40H,9-10H2,1-7H3,(H,39,42)/t15-,17-,18?,19?,23?,25?,26?/m1/s1. The number of amides is 1. The minimum atomic E-state index is -4.54. The van der Waals surface area contributed by atoms with Crippen molar-refractivity contribution in [1.82, 2.24) is 36.0 Å². The first-order valence-corrected chi connectivity index (χ1v) is 14.4. The number of halogens is 3. The van der Waals surface area contributed by atoms with Crippen LogP contribution in [0, 0.1) is 23.2 Å². The zero-order valence-corrected chi connectivity index (χ0v) is 25.0. The molecule has 1 saturated carbocycles. The van der Waals surface area contributed by atoms with Crippen LogP contribution < -0.4 is 16.1 Å². The molecule has 3 aliphatic rings. The average Bonchev–Trinajstić information content (AvgIpc) is 3.25. The molecule has 2 aromatic heterocycles. The molecule has 2 saturated heterocycles. The number of nitrogens with one attached hydrogen (secondary N) is 3. The summed E-state index contributed by atoms with van der Waals surface area (Å²) in [6.45, 7) is 14.6. The number of hydrogen-bond donors (Lipinski definition) is 3. The van der Waals surface area contributed by atoms with Gasteiger partial charge in [0.05, 0.1) is 24.3 Å². The van der Waals surface area contributed by atoms with E-state index >= 15 is 0 Å². The van der Waals surface area contributed by atoms with Gasteiger partial charge in [0.2, 0.25) is 5.91 Å². The molecule has 7 atom stereocenters. The van der Waals surface area contributed by atoms with Crippen LogP contribution in [0.15, 0.2) is 24.4 Å². The number of hydrogen-bond acceptors (Lipinski definition) is 8. The van der Waals surface area contributed by atoms with E-state index in [0.29, 0.717) is 5.56 Å². The molecule has 4 heterocycles. The van der Waals surface area contributed by atoms with Crippen molar-refractivity contribution in [2.45, 2.75) is 109 Å². The third kappa shape index (κ3) is 5.62. The molecule has 0 bridgehead atoms. The number of carbonyl (C=O) groups excluding carboxylic acids is 1. The third-order valence-corrected chi connectivity index (χ3v) is 8.72. The topological polar surface area (TPSA) is 119 Å². The fraction of sp³-hybridized carbons (Fsp3) is 0.633. The summed E-state index contributed by atoms with van der Waals surface area (Å²) in [7, 11) is 0. The summed E-state index contributed by atoms with van der Waals surface area (Å²) < 4.78 is 39.2. The molecule has 2 aromatic rings. The van der Waals surface area contributed by atoms with Gasteiger partial charge < -0.3 is 5.32 Å². The SMILES string of the molecule is C[C@H](c1ccc(C(F)(F)F)nc1)N1NC(C#N)C2C(=O)NC(C3CC[C@H]3c3nc(C(C)(C)C)cc(C(C)(C)C)n3)NC21. The molecule has 226 valence electrons. The van der Waals surface area contributed by atoms with Gasteiger partial charge in [0.1, 0.15) is 17.6 Å². The number of nitriles is 1. The summed E-state index contributed by atoms with van der Waals surface area (Å²) in [6.07, 6.45) is -2.54. The Morgan fingerprint density at radius 2 is 1.67 bits per heavy atom. The third-order valence-electron chi connectivity index (χ3n) is 8.72. The van der Waals surface area contributed by atoms with E-state index in [0.717, 1.165) is 36.1 Å². The van der Waals surface area contributed by atoms with Gasteiger partial charge in [-0.25, -0.2) is 20.4 Å². The highest BCUT2D eigenvalue weighted by Crippen LogP contribution is 2.45. The first kappa shape index (κ1) is 30.3. The lowest BCUT2D eigenvalue weighted by Gasteiger charge is -2.47. The smallest absolute Gasteiger partial charge is 0.340 e.